The first-order valence-corrected chi connectivity index (χ1v) is 7.50. The predicted octanol–water partition coefficient (Wildman–Crippen LogP) is 5.44. The molecule has 0 unspecified atom stereocenters. The third-order valence-corrected chi connectivity index (χ3v) is 3.93. The van der Waals surface area contributed by atoms with E-state index in [1.54, 1.807) is 0 Å². The Morgan fingerprint density at radius 1 is 0.762 bits per heavy atom. The molecule has 0 radical (unpaired) electrons. The second-order valence-electron chi connectivity index (χ2n) is 4.78. The molecule has 0 spiro atoms. The number of hydrogen-bond donors (Lipinski definition) is 2. The van der Waals surface area contributed by atoms with E-state index in [2.05, 4.69) is 45.5 Å². The smallest absolute Gasteiger partial charge is 0.0530 e. The van der Waals surface area contributed by atoms with E-state index in [4.69, 9.17) is 5.73 Å². The summed E-state index contributed by atoms with van der Waals surface area (Å²) in [6.07, 6.45) is 0. The Morgan fingerprint density at radius 2 is 1.48 bits per heavy atom. The molecular weight excluding hydrogens is 324 g/mol. The SMILES string of the molecule is Nc1ccc(Nc2ccccc2-c2ccccc2)c(Br)c1. The molecule has 0 heterocycles. The molecule has 0 aromatic heterocycles. The Labute approximate surface area is 132 Å². The monoisotopic (exact) mass is 338 g/mol. The highest BCUT2D eigenvalue weighted by Crippen LogP contribution is 2.33. The molecule has 3 aromatic rings. The average Bonchev–Trinajstić information content (AvgIpc) is 2.51. The first-order valence-electron chi connectivity index (χ1n) is 6.70. The molecule has 0 aliphatic carbocycles. The van der Waals surface area contributed by atoms with Gasteiger partial charge in [0.25, 0.3) is 0 Å². The van der Waals surface area contributed by atoms with E-state index in [1.165, 1.54) is 11.1 Å². The molecule has 21 heavy (non-hydrogen) atoms. The molecular formula is C18H15BrN2. The third kappa shape index (κ3) is 3.09. The van der Waals surface area contributed by atoms with Crippen molar-refractivity contribution in [1.29, 1.82) is 0 Å². The molecule has 3 rings (SSSR count). The van der Waals surface area contributed by atoms with E-state index < -0.39 is 0 Å². The molecule has 3 aromatic carbocycles. The van der Waals surface area contributed by atoms with Crippen LogP contribution in [0.2, 0.25) is 0 Å². The van der Waals surface area contributed by atoms with E-state index in [0.717, 1.165) is 21.5 Å². The van der Waals surface area contributed by atoms with E-state index in [0.29, 0.717) is 0 Å². The highest BCUT2D eigenvalue weighted by Gasteiger charge is 2.06. The number of benzene rings is 3. The maximum Gasteiger partial charge on any atom is 0.0530 e. The van der Waals surface area contributed by atoms with Crippen LogP contribution in [-0.2, 0) is 0 Å². The third-order valence-electron chi connectivity index (χ3n) is 3.27. The molecule has 0 atom stereocenters. The van der Waals surface area contributed by atoms with Crippen molar-refractivity contribution in [3.8, 4) is 11.1 Å². The summed E-state index contributed by atoms with van der Waals surface area (Å²) < 4.78 is 0.949. The van der Waals surface area contributed by atoms with Crippen LogP contribution in [0.1, 0.15) is 0 Å². The topological polar surface area (TPSA) is 38.0 Å². The Hall–Kier alpha value is -2.26. The van der Waals surface area contributed by atoms with Gasteiger partial charge >= 0.3 is 0 Å². The maximum atomic E-state index is 5.78. The molecule has 0 aliphatic rings. The van der Waals surface area contributed by atoms with Gasteiger partial charge in [-0.3, -0.25) is 0 Å². The van der Waals surface area contributed by atoms with Crippen molar-refractivity contribution in [1.82, 2.24) is 0 Å². The minimum atomic E-state index is 0.740. The van der Waals surface area contributed by atoms with Crippen LogP contribution in [0.25, 0.3) is 11.1 Å². The number of anilines is 3. The number of nitrogen functional groups attached to an aromatic ring is 1. The summed E-state index contributed by atoms with van der Waals surface area (Å²) in [5.74, 6) is 0. The summed E-state index contributed by atoms with van der Waals surface area (Å²) in [6, 6.07) is 24.4. The van der Waals surface area contributed by atoms with E-state index in [9.17, 15) is 0 Å². The van der Waals surface area contributed by atoms with Crippen molar-refractivity contribution < 1.29 is 0 Å². The Kier molecular flexibility index (Phi) is 3.93. The minimum absolute atomic E-state index is 0.740. The molecule has 0 aliphatic heterocycles. The van der Waals surface area contributed by atoms with E-state index >= 15 is 0 Å². The van der Waals surface area contributed by atoms with Gasteiger partial charge in [-0.2, -0.15) is 0 Å². The van der Waals surface area contributed by atoms with Crippen molar-refractivity contribution in [3.05, 3.63) is 77.3 Å². The van der Waals surface area contributed by atoms with Crippen LogP contribution >= 0.6 is 15.9 Å². The normalized spacial score (nSPS) is 10.3. The van der Waals surface area contributed by atoms with Crippen LogP contribution in [-0.4, -0.2) is 0 Å². The summed E-state index contributed by atoms with van der Waals surface area (Å²) in [5, 5.41) is 3.46. The number of nitrogens with two attached hydrogens (primary N) is 1. The van der Waals surface area contributed by atoms with Gasteiger partial charge < -0.3 is 11.1 Å². The molecule has 3 N–H and O–H groups in total. The van der Waals surface area contributed by atoms with Gasteiger partial charge in [-0.25, -0.2) is 0 Å². The lowest BCUT2D eigenvalue weighted by atomic mass is 10.0. The van der Waals surface area contributed by atoms with Gasteiger partial charge in [0.05, 0.1) is 5.69 Å². The summed E-state index contributed by atoms with van der Waals surface area (Å²) in [4.78, 5) is 0. The Bertz CT molecular complexity index is 754. The molecule has 104 valence electrons. The zero-order valence-electron chi connectivity index (χ0n) is 11.4. The highest BCUT2D eigenvalue weighted by atomic mass is 79.9. The number of rotatable bonds is 3. The van der Waals surface area contributed by atoms with Crippen molar-refractivity contribution in [2.24, 2.45) is 0 Å². The predicted molar refractivity (Wildman–Crippen MR) is 93.7 cm³/mol. The van der Waals surface area contributed by atoms with Crippen molar-refractivity contribution in [2.45, 2.75) is 0 Å². The number of para-hydroxylation sites is 1. The first-order chi connectivity index (χ1) is 10.2. The minimum Gasteiger partial charge on any atom is -0.399 e. The van der Waals surface area contributed by atoms with Crippen LogP contribution in [0.3, 0.4) is 0 Å². The zero-order valence-corrected chi connectivity index (χ0v) is 13.0. The lowest BCUT2D eigenvalue weighted by Gasteiger charge is -2.14. The maximum absolute atomic E-state index is 5.78. The van der Waals surface area contributed by atoms with Crippen LogP contribution in [0, 0.1) is 0 Å². The van der Waals surface area contributed by atoms with Gasteiger partial charge in [0.1, 0.15) is 0 Å². The summed E-state index contributed by atoms with van der Waals surface area (Å²) in [7, 11) is 0. The highest BCUT2D eigenvalue weighted by molar-refractivity contribution is 9.10. The molecule has 3 heteroatoms. The van der Waals surface area contributed by atoms with E-state index in [-0.39, 0.29) is 0 Å². The Morgan fingerprint density at radius 3 is 2.24 bits per heavy atom. The second-order valence-corrected chi connectivity index (χ2v) is 5.63. The lowest BCUT2D eigenvalue weighted by Crippen LogP contribution is -1.95. The fourth-order valence-electron chi connectivity index (χ4n) is 2.24. The van der Waals surface area contributed by atoms with Crippen LogP contribution in [0.15, 0.2) is 77.3 Å². The van der Waals surface area contributed by atoms with Gasteiger partial charge in [0.2, 0.25) is 0 Å². The lowest BCUT2D eigenvalue weighted by molar-refractivity contribution is 1.51. The Balaban J connectivity index is 2.00. The number of nitrogens with one attached hydrogen (secondary N) is 1. The number of halogens is 1. The van der Waals surface area contributed by atoms with Crippen molar-refractivity contribution in [2.75, 3.05) is 11.1 Å². The first kappa shape index (κ1) is 13.7. The zero-order chi connectivity index (χ0) is 14.7. The molecule has 0 bridgehead atoms. The van der Waals surface area contributed by atoms with Crippen molar-refractivity contribution in [3.63, 3.8) is 0 Å². The van der Waals surface area contributed by atoms with Gasteiger partial charge in [-0.15, -0.1) is 0 Å². The standard InChI is InChI=1S/C18H15BrN2/c19-16-12-14(20)10-11-18(16)21-17-9-5-4-8-15(17)13-6-2-1-3-7-13/h1-12,21H,20H2. The van der Waals surface area contributed by atoms with Gasteiger partial charge in [0, 0.05) is 21.4 Å². The van der Waals surface area contributed by atoms with Gasteiger partial charge in [-0.1, -0.05) is 48.5 Å². The fourth-order valence-corrected chi connectivity index (χ4v) is 2.74. The summed E-state index contributed by atoms with van der Waals surface area (Å²) in [6.45, 7) is 0. The summed E-state index contributed by atoms with van der Waals surface area (Å²) in [5.41, 5.74) is 10.9. The quantitative estimate of drug-likeness (QED) is 0.624. The number of hydrogen-bond acceptors (Lipinski definition) is 2. The van der Waals surface area contributed by atoms with E-state index in [1.807, 2.05) is 48.5 Å². The molecule has 2 nitrogen and oxygen atoms in total. The van der Waals surface area contributed by atoms with Gasteiger partial charge in [-0.05, 0) is 45.8 Å². The largest absolute Gasteiger partial charge is 0.399 e. The molecule has 0 fully saturated rings. The average molecular weight is 339 g/mol. The summed E-state index contributed by atoms with van der Waals surface area (Å²) >= 11 is 3.54. The van der Waals surface area contributed by atoms with Crippen LogP contribution < -0.4 is 11.1 Å². The second kappa shape index (κ2) is 6.02. The molecule has 0 saturated heterocycles. The van der Waals surface area contributed by atoms with Gasteiger partial charge in [0.15, 0.2) is 0 Å². The molecule has 0 amide bonds. The fraction of sp³-hybridized carbons (Fsp3) is 0. The van der Waals surface area contributed by atoms with Crippen molar-refractivity contribution >= 4 is 33.0 Å². The van der Waals surface area contributed by atoms with Crippen LogP contribution in [0.5, 0.6) is 0 Å². The molecule has 0 saturated carbocycles. The van der Waals surface area contributed by atoms with Crippen LogP contribution in [0.4, 0.5) is 17.1 Å².